The average Bonchev–Trinajstić information content (AvgIpc) is 2.83. The molecule has 1 fully saturated rings. The van der Waals surface area contributed by atoms with Gasteiger partial charge in [0, 0.05) is 13.1 Å². The summed E-state index contributed by atoms with van der Waals surface area (Å²) in [6.07, 6.45) is 3.08. The highest BCUT2D eigenvalue weighted by Gasteiger charge is 2.19. The minimum Gasteiger partial charge on any atom is -0.355 e. The van der Waals surface area contributed by atoms with Gasteiger partial charge in [0.25, 0.3) is 0 Å². The van der Waals surface area contributed by atoms with Crippen LogP contribution in [0.15, 0.2) is 16.8 Å². The van der Waals surface area contributed by atoms with Crippen LogP contribution in [-0.2, 0) is 11.2 Å². The van der Waals surface area contributed by atoms with E-state index in [1.165, 1.54) is 5.56 Å². The van der Waals surface area contributed by atoms with E-state index in [2.05, 4.69) is 27.5 Å². The van der Waals surface area contributed by atoms with Gasteiger partial charge < -0.3 is 10.6 Å². The summed E-state index contributed by atoms with van der Waals surface area (Å²) in [5.41, 5.74) is 1.31. The average molecular weight is 238 g/mol. The van der Waals surface area contributed by atoms with Crippen molar-refractivity contribution in [1.82, 2.24) is 10.6 Å². The van der Waals surface area contributed by atoms with Crippen molar-refractivity contribution in [3.05, 3.63) is 22.4 Å². The molecule has 88 valence electrons. The Morgan fingerprint density at radius 1 is 1.62 bits per heavy atom. The highest BCUT2D eigenvalue weighted by Crippen LogP contribution is 2.10. The lowest BCUT2D eigenvalue weighted by Crippen LogP contribution is -2.41. The molecule has 1 aromatic heterocycles. The zero-order valence-electron chi connectivity index (χ0n) is 9.37. The molecule has 1 aliphatic rings. The van der Waals surface area contributed by atoms with E-state index in [0.717, 1.165) is 38.9 Å². The van der Waals surface area contributed by atoms with E-state index < -0.39 is 0 Å². The molecule has 4 heteroatoms. The number of hydrogen-bond donors (Lipinski definition) is 2. The molecule has 0 saturated carbocycles. The van der Waals surface area contributed by atoms with Crippen LogP contribution >= 0.6 is 11.3 Å². The third-order valence-electron chi connectivity index (χ3n) is 2.96. The second-order valence-corrected chi connectivity index (χ2v) is 5.00. The molecule has 16 heavy (non-hydrogen) atoms. The molecule has 1 amide bonds. The molecule has 0 unspecified atom stereocenters. The van der Waals surface area contributed by atoms with E-state index in [0.29, 0.717) is 0 Å². The van der Waals surface area contributed by atoms with Crippen molar-refractivity contribution in [2.45, 2.75) is 19.3 Å². The normalized spacial score (nSPS) is 20.6. The third-order valence-corrected chi connectivity index (χ3v) is 3.69. The SMILES string of the molecule is O=C(NCCc1ccsc1)[C@@H]1CCCNC1. The summed E-state index contributed by atoms with van der Waals surface area (Å²) < 4.78 is 0. The lowest BCUT2D eigenvalue weighted by atomic mass is 9.99. The number of carbonyl (C=O) groups excluding carboxylic acids is 1. The minimum absolute atomic E-state index is 0.177. The number of hydrogen-bond acceptors (Lipinski definition) is 3. The van der Waals surface area contributed by atoms with Crippen LogP contribution in [0.5, 0.6) is 0 Å². The smallest absolute Gasteiger partial charge is 0.224 e. The van der Waals surface area contributed by atoms with Crippen LogP contribution in [0, 0.1) is 5.92 Å². The molecule has 0 aliphatic carbocycles. The molecule has 2 rings (SSSR count). The van der Waals surface area contributed by atoms with Crippen LogP contribution < -0.4 is 10.6 Å². The number of piperidine rings is 1. The number of thiophene rings is 1. The first-order valence-corrected chi connectivity index (χ1v) is 6.80. The van der Waals surface area contributed by atoms with E-state index >= 15 is 0 Å². The summed E-state index contributed by atoms with van der Waals surface area (Å²) in [5, 5.41) is 10.5. The lowest BCUT2D eigenvalue weighted by molar-refractivity contribution is -0.125. The molecule has 0 radical (unpaired) electrons. The van der Waals surface area contributed by atoms with E-state index in [-0.39, 0.29) is 11.8 Å². The summed E-state index contributed by atoms with van der Waals surface area (Å²) in [7, 11) is 0. The van der Waals surface area contributed by atoms with Crippen molar-refractivity contribution >= 4 is 17.2 Å². The fourth-order valence-corrected chi connectivity index (χ4v) is 2.69. The zero-order chi connectivity index (χ0) is 11.2. The monoisotopic (exact) mass is 238 g/mol. The topological polar surface area (TPSA) is 41.1 Å². The maximum Gasteiger partial charge on any atom is 0.224 e. The molecule has 1 saturated heterocycles. The van der Waals surface area contributed by atoms with Crippen molar-refractivity contribution in [1.29, 1.82) is 0 Å². The summed E-state index contributed by atoms with van der Waals surface area (Å²) in [6.45, 7) is 2.65. The van der Waals surface area contributed by atoms with Gasteiger partial charge in [-0.15, -0.1) is 0 Å². The molecule has 1 aromatic rings. The van der Waals surface area contributed by atoms with Gasteiger partial charge in [0.15, 0.2) is 0 Å². The summed E-state index contributed by atoms with van der Waals surface area (Å²) in [6, 6.07) is 2.11. The standard InChI is InChI=1S/C12H18N2OS/c15-12(11-2-1-5-13-8-11)14-6-3-10-4-7-16-9-10/h4,7,9,11,13H,1-3,5-6,8H2,(H,14,15)/t11-/m1/s1. The maximum absolute atomic E-state index is 11.8. The number of rotatable bonds is 4. The van der Waals surface area contributed by atoms with Crippen LogP contribution in [0.25, 0.3) is 0 Å². The number of nitrogens with one attached hydrogen (secondary N) is 2. The van der Waals surface area contributed by atoms with Crippen molar-refractivity contribution in [2.24, 2.45) is 5.92 Å². The zero-order valence-corrected chi connectivity index (χ0v) is 10.2. The van der Waals surface area contributed by atoms with Crippen molar-refractivity contribution < 1.29 is 4.79 Å². The van der Waals surface area contributed by atoms with Crippen LogP contribution in [0.3, 0.4) is 0 Å². The second kappa shape index (κ2) is 6.01. The molecule has 0 spiro atoms. The first kappa shape index (κ1) is 11.6. The highest BCUT2D eigenvalue weighted by atomic mass is 32.1. The largest absolute Gasteiger partial charge is 0.355 e. The Hall–Kier alpha value is -0.870. The molecule has 0 bridgehead atoms. The predicted molar refractivity (Wildman–Crippen MR) is 66.6 cm³/mol. The van der Waals surface area contributed by atoms with Crippen LogP contribution in [0.1, 0.15) is 18.4 Å². The molecule has 1 aliphatic heterocycles. The molecule has 2 heterocycles. The Morgan fingerprint density at radius 3 is 3.25 bits per heavy atom. The predicted octanol–water partition coefficient (Wildman–Crippen LogP) is 1.41. The molecular formula is C12H18N2OS. The van der Waals surface area contributed by atoms with E-state index in [1.54, 1.807) is 11.3 Å². The summed E-state index contributed by atoms with van der Waals surface area (Å²) in [4.78, 5) is 11.8. The third kappa shape index (κ3) is 3.32. The fourth-order valence-electron chi connectivity index (χ4n) is 1.98. The van der Waals surface area contributed by atoms with E-state index in [4.69, 9.17) is 0 Å². The first-order valence-electron chi connectivity index (χ1n) is 5.86. The Balaban J connectivity index is 1.67. The van der Waals surface area contributed by atoms with Crippen LogP contribution in [0.4, 0.5) is 0 Å². The minimum atomic E-state index is 0.177. The first-order chi connectivity index (χ1) is 7.86. The highest BCUT2D eigenvalue weighted by molar-refractivity contribution is 7.07. The van der Waals surface area contributed by atoms with Gasteiger partial charge in [-0.05, 0) is 48.2 Å². The van der Waals surface area contributed by atoms with Gasteiger partial charge in [0.05, 0.1) is 5.92 Å². The number of amides is 1. The van der Waals surface area contributed by atoms with Crippen LogP contribution in [0.2, 0.25) is 0 Å². The van der Waals surface area contributed by atoms with Gasteiger partial charge in [0.2, 0.25) is 5.91 Å². The van der Waals surface area contributed by atoms with Gasteiger partial charge in [-0.2, -0.15) is 11.3 Å². The van der Waals surface area contributed by atoms with Crippen molar-refractivity contribution in [2.75, 3.05) is 19.6 Å². The van der Waals surface area contributed by atoms with E-state index in [1.807, 2.05) is 0 Å². The maximum atomic E-state index is 11.8. The fraction of sp³-hybridized carbons (Fsp3) is 0.583. The van der Waals surface area contributed by atoms with Crippen molar-refractivity contribution in [3.63, 3.8) is 0 Å². The van der Waals surface area contributed by atoms with Crippen LogP contribution in [-0.4, -0.2) is 25.5 Å². The molecule has 0 aromatic carbocycles. The molecule has 1 atom stereocenters. The molecule has 2 N–H and O–H groups in total. The quantitative estimate of drug-likeness (QED) is 0.832. The second-order valence-electron chi connectivity index (χ2n) is 4.22. The Kier molecular flexibility index (Phi) is 4.36. The summed E-state index contributed by atoms with van der Waals surface area (Å²) in [5.74, 6) is 0.388. The molecular weight excluding hydrogens is 220 g/mol. The van der Waals surface area contributed by atoms with Gasteiger partial charge >= 0.3 is 0 Å². The molecule has 3 nitrogen and oxygen atoms in total. The van der Waals surface area contributed by atoms with Gasteiger partial charge in [-0.3, -0.25) is 4.79 Å². The van der Waals surface area contributed by atoms with E-state index in [9.17, 15) is 4.79 Å². The number of carbonyl (C=O) groups is 1. The summed E-state index contributed by atoms with van der Waals surface area (Å²) >= 11 is 1.70. The Labute approximate surface area is 100 Å². The Morgan fingerprint density at radius 2 is 2.56 bits per heavy atom. The van der Waals surface area contributed by atoms with Gasteiger partial charge in [-0.1, -0.05) is 0 Å². The van der Waals surface area contributed by atoms with Crippen molar-refractivity contribution in [3.8, 4) is 0 Å². The Bertz CT molecular complexity index is 318. The van der Waals surface area contributed by atoms with Gasteiger partial charge in [-0.25, -0.2) is 0 Å². The lowest BCUT2D eigenvalue weighted by Gasteiger charge is -2.21. The van der Waals surface area contributed by atoms with Gasteiger partial charge in [0.1, 0.15) is 0 Å².